The van der Waals surface area contributed by atoms with Crippen LogP contribution in [0.3, 0.4) is 0 Å². The maximum absolute atomic E-state index is 13.5. The summed E-state index contributed by atoms with van der Waals surface area (Å²) in [6.07, 6.45) is -6.62. The van der Waals surface area contributed by atoms with Crippen LogP contribution in [0.15, 0.2) is 48.5 Å². The van der Waals surface area contributed by atoms with Crippen molar-refractivity contribution in [3.63, 3.8) is 0 Å². The maximum atomic E-state index is 13.5. The van der Waals surface area contributed by atoms with Crippen molar-refractivity contribution < 1.29 is 37.4 Å². The molecule has 3 rings (SSSR count). The molecule has 8 nitrogen and oxygen atoms in total. The lowest BCUT2D eigenvalue weighted by atomic mass is 9.98. The molecule has 3 N–H and O–H groups in total. The molecule has 1 aliphatic rings. The van der Waals surface area contributed by atoms with E-state index in [0.717, 1.165) is 22.3 Å². The van der Waals surface area contributed by atoms with Crippen molar-refractivity contribution in [2.24, 2.45) is 0 Å². The van der Waals surface area contributed by atoms with Gasteiger partial charge in [0.25, 0.3) is 5.91 Å². The predicted octanol–water partition coefficient (Wildman–Crippen LogP) is 2.59. The normalized spacial score (nSPS) is 14.6. The van der Waals surface area contributed by atoms with Gasteiger partial charge in [-0.2, -0.15) is 13.2 Å². The molecule has 0 aromatic heterocycles. The lowest BCUT2D eigenvalue weighted by Crippen LogP contribution is -2.59. The second-order valence-corrected chi connectivity index (χ2v) is 8.11. The number of amides is 2. The number of alkyl halides is 3. The predicted molar refractivity (Wildman–Crippen MR) is 116 cm³/mol. The zero-order valence-electron chi connectivity index (χ0n) is 18.4. The first-order chi connectivity index (χ1) is 16.0. The van der Waals surface area contributed by atoms with Crippen LogP contribution < -0.4 is 10.6 Å². The molecule has 0 spiro atoms. The van der Waals surface area contributed by atoms with Gasteiger partial charge >= 0.3 is 18.2 Å². The fraction of sp³-hybridized carbons (Fsp3) is 0.348. The van der Waals surface area contributed by atoms with E-state index in [1.165, 1.54) is 24.3 Å². The smallest absolute Gasteiger partial charge is 0.417 e. The Morgan fingerprint density at radius 2 is 1.53 bits per heavy atom. The fourth-order valence-corrected chi connectivity index (χ4v) is 3.86. The SMILES string of the molecule is CN(C)CC(NC(=O)C(NC(=O)OCC1c2ccccc2-c2ccccc21)C(F)(F)F)C(=O)O. The molecule has 2 unspecified atom stereocenters. The molecule has 11 heteroatoms. The zero-order valence-corrected chi connectivity index (χ0v) is 18.4. The van der Waals surface area contributed by atoms with Crippen LogP contribution in [0.25, 0.3) is 11.1 Å². The van der Waals surface area contributed by atoms with Crippen molar-refractivity contribution in [1.82, 2.24) is 15.5 Å². The number of benzene rings is 2. The van der Waals surface area contributed by atoms with Crippen molar-refractivity contribution in [2.75, 3.05) is 27.2 Å². The van der Waals surface area contributed by atoms with Gasteiger partial charge in [0, 0.05) is 12.5 Å². The first-order valence-electron chi connectivity index (χ1n) is 10.3. The van der Waals surface area contributed by atoms with E-state index in [0.29, 0.717) is 0 Å². The van der Waals surface area contributed by atoms with E-state index in [4.69, 9.17) is 9.84 Å². The van der Waals surface area contributed by atoms with Gasteiger partial charge in [0.1, 0.15) is 12.6 Å². The van der Waals surface area contributed by atoms with E-state index >= 15 is 0 Å². The molecular formula is C23H24F3N3O5. The molecule has 34 heavy (non-hydrogen) atoms. The van der Waals surface area contributed by atoms with Crippen LogP contribution in [0.2, 0.25) is 0 Å². The highest BCUT2D eigenvalue weighted by Gasteiger charge is 2.47. The number of hydrogen-bond donors (Lipinski definition) is 3. The summed E-state index contributed by atoms with van der Waals surface area (Å²) in [5.74, 6) is -3.59. The van der Waals surface area contributed by atoms with E-state index in [1.807, 2.05) is 53.8 Å². The van der Waals surface area contributed by atoms with Gasteiger partial charge in [0.05, 0.1) is 0 Å². The Hall–Kier alpha value is -3.60. The molecular weight excluding hydrogens is 455 g/mol. The standard InChI is InChI=1S/C23H24F3N3O5/c1-29(2)11-18(21(31)32)27-20(30)19(23(24,25)26)28-22(33)34-12-17-15-9-5-3-7-13(15)14-8-4-6-10-16(14)17/h3-10,17-19H,11-12H2,1-2H3,(H,27,30)(H,28,33)(H,31,32). The molecule has 0 saturated heterocycles. The minimum atomic E-state index is -5.17. The molecule has 0 saturated carbocycles. The van der Waals surface area contributed by atoms with Crippen LogP contribution in [0, 0.1) is 0 Å². The van der Waals surface area contributed by atoms with Gasteiger partial charge in [-0.1, -0.05) is 48.5 Å². The monoisotopic (exact) mass is 479 g/mol. The molecule has 2 aromatic carbocycles. The second-order valence-electron chi connectivity index (χ2n) is 8.11. The summed E-state index contributed by atoms with van der Waals surface area (Å²) in [6.45, 7) is -0.485. The molecule has 0 radical (unpaired) electrons. The van der Waals surface area contributed by atoms with E-state index in [-0.39, 0.29) is 19.1 Å². The molecule has 0 bridgehead atoms. The summed E-state index contributed by atoms with van der Waals surface area (Å²) in [5.41, 5.74) is 3.63. The van der Waals surface area contributed by atoms with E-state index in [1.54, 1.807) is 0 Å². The van der Waals surface area contributed by atoms with E-state index in [2.05, 4.69) is 0 Å². The third-order valence-electron chi connectivity index (χ3n) is 5.36. The van der Waals surface area contributed by atoms with E-state index in [9.17, 15) is 27.6 Å². The number of nitrogens with zero attached hydrogens (tertiary/aromatic N) is 1. The van der Waals surface area contributed by atoms with Crippen LogP contribution in [0.1, 0.15) is 17.0 Å². The van der Waals surface area contributed by atoms with Gasteiger partial charge in [0.15, 0.2) is 0 Å². The summed E-state index contributed by atoms with van der Waals surface area (Å²) in [5, 5.41) is 12.5. The van der Waals surface area contributed by atoms with Crippen LogP contribution in [0.4, 0.5) is 18.0 Å². The Kier molecular flexibility index (Phi) is 7.45. The van der Waals surface area contributed by atoms with Crippen LogP contribution >= 0.6 is 0 Å². The fourth-order valence-electron chi connectivity index (χ4n) is 3.86. The minimum absolute atomic E-state index is 0.239. The summed E-state index contributed by atoms with van der Waals surface area (Å²) < 4.78 is 45.6. The lowest BCUT2D eigenvalue weighted by molar-refractivity contribution is -0.169. The Bertz CT molecular complexity index is 1030. The molecule has 182 valence electrons. The average Bonchev–Trinajstić information content (AvgIpc) is 3.08. The first-order valence-corrected chi connectivity index (χ1v) is 10.3. The highest BCUT2D eigenvalue weighted by molar-refractivity contribution is 5.90. The zero-order chi connectivity index (χ0) is 25.0. The number of alkyl carbamates (subject to hydrolysis) is 1. The lowest BCUT2D eigenvalue weighted by Gasteiger charge is -2.24. The van der Waals surface area contributed by atoms with E-state index < -0.39 is 36.2 Å². The summed E-state index contributed by atoms with van der Waals surface area (Å²) in [7, 11) is 3.00. The molecule has 1 aliphatic carbocycles. The highest BCUT2D eigenvalue weighted by Crippen LogP contribution is 2.44. The van der Waals surface area contributed by atoms with Crippen molar-refractivity contribution in [1.29, 1.82) is 0 Å². The van der Waals surface area contributed by atoms with Gasteiger partial charge in [-0.25, -0.2) is 9.59 Å². The topological polar surface area (TPSA) is 108 Å². The number of nitrogens with one attached hydrogen (secondary N) is 2. The number of hydrogen-bond acceptors (Lipinski definition) is 5. The summed E-state index contributed by atoms with van der Waals surface area (Å²) in [4.78, 5) is 37.1. The van der Waals surface area contributed by atoms with Crippen LogP contribution in [-0.2, 0) is 14.3 Å². The molecule has 2 amide bonds. The molecule has 0 aliphatic heterocycles. The number of carboxylic acid groups (broad SMARTS) is 1. The Morgan fingerprint density at radius 1 is 1.00 bits per heavy atom. The maximum Gasteiger partial charge on any atom is 0.417 e. The third-order valence-corrected chi connectivity index (χ3v) is 5.36. The van der Waals surface area contributed by atoms with Gasteiger partial charge in [0.2, 0.25) is 6.04 Å². The Balaban J connectivity index is 1.69. The molecule has 0 heterocycles. The van der Waals surface area contributed by atoms with Crippen molar-refractivity contribution >= 4 is 18.0 Å². The largest absolute Gasteiger partial charge is 0.480 e. The van der Waals surface area contributed by atoms with Gasteiger partial charge in [-0.05, 0) is 36.3 Å². The number of carbonyl (C=O) groups is 3. The molecule has 2 atom stereocenters. The second kappa shape index (κ2) is 10.1. The highest BCUT2D eigenvalue weighted by atomic mass is 19.4. The Labute approximate surface area is 193 Å². The van der Waals surface area contributed by atoms with Crippen molar-refractivity contribution in [2.45, 2.75) is 24.2 Å². The number of ether oxygens (including phenoxy) is 1. The number of likely N-dealkylation sites (N-methyl/N-ethyl adjacent to an activating group) is 1. The average molecular weight is 479 g/mol. The van der Waals surface area contributed by atoms with Crippen molar-refractivity contribution in [3.8, 4) is 11.1 Å². The number of fused-ring (bicyclic) bond motifs is 3. The van der Waals surface area contributed by atoms with Gasteiger partial charge in [-0.3, -0.25) is 4.79 Å². The third kappa shape index (κ3) is 5.66. The summed E-state index contributed by atoms with van der Waals surface area (Å²) >= 11 is 0. The molecule has 0 fully saturated rings. The Morgan fingerprint density at radius 3 is 2.00 bits per heavy atom. The van der Waals surface area contributed by atoms with Crippen molar-refractivity contribution in [3.05, 3.63) is 59.7 Å². The minimum Gasteiger partial charge on any atom is -0.480 e. The number of halogens is 3. The first kappa shape index (κ1) is 25.0. The van der Waals surface area contributed by atoms with Gasteiger partial charge in [-0.15, -0.1) is 0 Å². The van der Waals surface area contributed by atoms with Crippen LogP contribution in [-0.4, -0.2) is 73.5 Å². The number of rotatable bonds is 8. The number of carboxylic acids is 1. The summed E-state index contributed by atoms with van der Waals surface area (Å²) in [6, 6.07) is 10.3. The molecule has 2 aromatic rings. The number of aliphatic carboxylic acids is 1. The number of carbonyl (C=O) groups excluding carboxylic acids is 2. The quantitative estimate of drug-likeness (QED) is 0.537. The van der Waals surface area contributed by atoms with Crippen LogP contribution in [0.5, 0.6) is 0 Å². The van der Waals surface area contributed by atoms with Gasteiger partial charge < -0.3 is 25.4 Å².